The standard InChI is InChI=1S/C6H14N.C2H5O.2Li/c1-5(2)7-6(3)4;1-2-3;;/h5-6H,1-4H3;2H2,1H3;;/q2*-1;2*+1. The summed E-state index contributed by atoms with van der Waals surface area (Å²) in [6, 6.07) is 1.000. The molecular weight excluding hydrogens is 140 g/mol. The van der Waals surface area contributed by atoms with E-state index in [9.17, 15) is 0 Å². The molecule has 0 atom stereocenters. The summed E-state index contributed by atoms with van der Waals surface area (Å²) >= 11 is 0. The maximum atomic E-state index is 8.93. The molecule has 0 aromatic rings. The van der Waals surface area contributed by atoms with Crippen molar-refractivity contribution < 1.29 is 42.8 Å². The molecule has 64 valence electrons. The molecule has 0 aliphatic rings. The predicted octanol–water partition coefficient (Wildman–Crippen LogP) is -4.45. The molecule has 0 spiro atoms. The van der Waals surface area contributed by atoms with Crippen LogP contribution in [-0.4, -0.2) is 18.7 Å². The summed E-state index contributed by atoms with van der Waals surface area (Å²) in [6.45, 7) is 9.96. The van der Waals surface area contributed by atoms with Crippen LogP contribution in [0.5, 0.6) is 0 Å². The fraction of sp³-hybridized carbons (Fsp3) is 1.00. The molecule has 0 rings (SSSR count). The van der Waals surface area contributed by atoms with Gasteiger partial charge in [-0.2, -0.15) is 0 Å². The largest absolute Gasteiger partial charge is 1.00 e. The van der Waals surface area contributed by atoms with Crippen LogP contribution in [0.3, 0.4) is 0 Å². The van der Waals surface area contributed by atoms with Crippen LogP contribution >= 0.6 is 0 Å². The summed E-state index contributed by atoms with van der Waals surface area (Å²) in [5, 5.41) is 13.2. The van der Waals surface area contributed by atoms with Crippen molar-refractivity contribution >= 4 is 0 Å². The van der Waals surface area contributed by atoms with Crippen molar-refractivity contribution in [3.05, 3.63) is 5.32 Å². The smallest absolute Gasteiger partial charge is 0.855 e. The number of hydrogen-bond donors (Lipinski definition) is 0. The van der Waals surface area contributed by atoms with Gasteiger partial charge in [0.25, 0.3) is 0 Å². The van der Waals surface area contributed by atoms with Crippen molar-refractivity contribution in [2.24, 2.45) is 0 Å². The number of hydrogen-bond acceptors (Lipinski definition) is 1. The van der Waals surface area contributed by atoms with Crippen LogP contribution in [0.15, 0.2) is 0 Å². The first kappa shape index (κ1) is 23.2. The molecule has 0 saturated heterocycles. The molecule has 2 nitrogen and oxygen atoms in total. The Morgan fingerprint density at radius 3 is 1.17 bits per heavy atom. The van der Waals surface area contributed by atoms with Crippen LogP contribution < -0.4 is 42.8 Å². The predicted molar refractivity (Wildman–Crippen MR) is 44.2 cm³/mol. The normalized spacial score (nSPS) is 8.00. The second kappa shape index (κ2) is 18.0. The number of nitrogens with zero attached hydrogens (tertiary/aromatic N) is 1. The topological polar surface area (TPSA) is 37.2 Å². The van der Waals surface area contributed by atoms with Gasteiger partial charge in [-0.05, 0) is 0 Å². The zero-order chi connectivity index (χ0) is 8.57. The minimum absolute atomic E-state index is 0. The second-order valence-corrected chi connectivity index (χ2v) is 2.63. The van der Waals surface area contributed by atoms with E-state index in [1.807, 2.05) is 0 Å². The van der Waals surface area contributed by atoms with E-state index in [-0.39, 0.29) is 44.3 Å². The molecule has 12 heavy (non-hydrogen) atoms. The Balaban J connectivity index is -0.0000000569. The van der Waals surface area contributed by atoms with E-state index in [1.165, 1.54) is 0 Å². The summed E-state index contributed by atoms with van der Waals surface area (Å²) < 4.78 is 0. The minimum atomic E-state index is 0. The van der Waals surface area contributed by atoms with Crippen molar-refractivity contribution in [2.45, 2.75) is 46.7 Å². The summed E-state index contributed by atoms with van der Waals surface area (Å²) in [7, 11) is 0. The molecule has 0 N–H and O–H groups in total. The third-order valence-electron chi connectivity index (χ3n) is 0.596. The first-order chi connectivity index (χ1) is 4.54. The van der Waals surface area contributed by atoms with E-state index in [0.717, 1.165) is 0 Å². The Hall–Kier alpha value is 1.11. The quantitative estimate of drug-likeness (QED) is 0.374. The van der Waals surface area contributed by atoms with Crippen LogP contribution in [0.25, 0.3) is 5.32 Å². The molecule has 0 saturated carbocycles. The van der Waals surface area contributed by atoms with Gasteiger partial charge in [-0.15, -0.1) is 18.7 Å². The maximum Gasteiger partial charge on any atom is 1.00 e. The Bertz CT molecular complexity index is 55.0. The van der Waals surface area contributed by atoms with Gasteiger partial charge in [0, 0.05) is 0 Å². The molecule has 0 aromatic carbocycles. The summed E-state index contributed by atoms with van der Waals surface area (Å²) in [4.78, 5) is 0. The number of rotatable bonds is 2. The summed E-state index contributed by atoms with van der Waals surface area (Å²) in [5.41, 5.74) is 0. The van der Waals surface area contributed by atoms with Crippen molar-refractivity contribution in [1.29, 1.82) is 0 Å². The molecule has 0 amide bonds. The van der Waals surface area contributed by atoms with Crippen LogP contribution in [0.4, 0.5) is 0 Å². The third kappa shape index (κ3) is 43.5. The molecular formula is C8H19Li2NO. The van der Waals surface area contributed by atoms with E-state index in [1.54, 1.807) is 6.92 Å². The van der Waals surface area contributed by atoms with Gasteiger partial charge in [-0.3, -0.25) is 0 Å². The molecule has 0 bridgehead atoms. The molecule has 0 aliphatic heterocycles. The Labute approximate surface area is 101 Å². The van der Waals surface area contributed by atoms with E-state index in [0.29, 0.717) is 12.1 Å². The van der Waals surface area contributed by atoms with Gasteiger partial charge in [0.2, 0.25) is 0 Å². The van der Waals surface area contributed by atoms with Gasteiger partial charge in [-0.25, -0.2) is 0 Å². The average molecular weight is 159 g/mol. The molecule has 4 heteroatoms. The Morgan fingerprint density at radius 2 is 1.17 bits per heavy atom. The maximum absolute atomic E-state index is 8.93. The fourth-order valence-corrected chi connectivity index (χ4v) is 0.596. The van der Waals surface area contributed by atoms with E-state index in [2.05, 4.69) is 33.0 Å². The molecule has 0 aliphatic carbocycles. The van der Waals surface area contributed by atoms with Gasteiger partial charge >= 0.3 is 37.7 Å². The molecule has 0 aromatic heterocycles. The van der Waals surface area contributed by atoms with Crippen molar-refractivity contribution in [2.75, 3.05) is 6.61 Å². The van der Waals surface area contributed by atoms with Crippen LogP contribution in [0, 0.1) is 0 Å². The third-order valence-corrected chi connectivity index (χ3v) is 0.596. The van der Waals surface area contributed by atoms with Crippen LogP contribution in [-0.2, 0) is 0 Å². The van der Waals surface area contributed by atoms with Crippen molar-refractivity contribution in [1.82, 2.24) is 0 Å². The zero-order valence-electron chi connectivity index (χ0n) is 9.72. The fourth-order valence-electron chi connectivity index (χ4n) is 0.596. The first-order valence-electron chi connectivity index (χ1n) is 3.82. The molecule has 0 fully saturated rings. The van der Waals surface area contributed by atoms with E-state index in [4.69, 9.17) is 5.11 Å². The Kier molecular flexibility index (Phi) is 34.8. The second-order valence-electron chi connectivity index (χ2n) is 2.63. The van der Waals surface area contributed by atoms with E-state index < -0.39 is 0 Å². The van der Waals surface area contributed by atoms with E-state index >= 15 is 0 Å². The Morgan fingerprint density at radius 1 is 1.00 bits per heavy atom. The minimum Gasteiger partial charge on any atom is -0.855 e. The summed E-state index contributed by atoms with van der Waals surface area (Å²) in [5.74, 6) is 0. The first-order valence-corrected chi connectivity index (χ1v) is 3.82. The summed E-state index contributed by atoms with van der Waals surface area (Å²) in [6.07, 6.45) is 0. The molecule has 0 unspecified atom stereocenters. The average Bonchev–Trinajstić information content (AvgIpc) is 1.62. The monoisotopic (exact) mass is 159 g/mol. The SMILES string of the molecule is CC(C)[N-]C(C)C.CC[O-].[Li+].[Li+]. The zero-order valence-corrected chi connectivity index (χ0v) is 9.72. The molecule has 0 heterocycles. The van der Waals surface area contributed by atoms with Crippen LogP contribution in [0.2, 0.25) is 0 Å². The van der Waals surface area contributed by atoms with Gasteiger partial charge in [0.1, 0.15) is 0 Å². The molecule has 0 radical (unpaired) electrons. The van der Waals surface area contributed by atoms with Gasteiger partial charge in [0.05, 0.1) is 0 Å². The van der Waals surface area contributed by atoms with Crippen molar-refractivity contribution in [3.63, 3.8) is 0 Å². The van der Waals surface area contributed by atoms with Crippen LogP contribution in [0.1, 0.15) is 34.6 Å². The van der Waals surface area contributed by atoms with Gasteiger partial charge < -0.3 is 10.4 Å². The van der Waals surface area contributed by atoms with Gasteiger partial charge in [-0.1, -0.05) is 34.6 Å². The van der Waals surface area contributed by atoms with Gasteiger partial charge in [0.15, 0.2) is 0 Å². The van der Waals surface area contributed by atoms with Crippen molar-refractivity contribution in [3.8, 4) is 0 Å².